The second kappa shape index (κ2) is 3.25. The minimum Gasteiger partial charge on any atom is -0.316 e. The summed E-state index contributed by atoms with van der Waals surface area (Å²) in [6.07, 6.45) is 2.79. The normalized spacial score (nSPS) is 47.3. The monoisotopic (exact) mass is 182 g/mol. The topological polar surface area (TPSA) is 15.3 Å². The number of likely N-dealkylation sites (tertiary alicyclic amines) is 1. The molecule has 1 spiro atoms. The van der Waals surface area contributed by atoms with Crippen LogP contribution in [0.1, 0.15) is 26.7 Å². The fourth-order valence-electron chi connectivity index (χ4n) is 3.12. The van der Waals surface area contributed by atoms with Gasteiger partial charge in [0.1, 0.15) is 0 Å². The van der Waals surface area contributed by atoms with Crippen LogP contribution in [-0.2, 0) is 0 Å². The van der Waals surface area contributed by atoms with Gasteiger partial charge in [0.2, 0.25) is 0 Å². The van der Waals surface area contributed by atoms with E-state index >= 15 is 0 Å². The Hall–Kier alpha value is -0.0800. The molecule has 3 atom stereocenters. The molecule has 0 aromatic heterocycles. The highest BCUT2D eigenvalue weighted by Crippen LogP contribution is 2.44. The van der Waals surface area contributed by atoms with Crippen LogP contribution in [0.2, 0.25) is 0 Å². The molecule has 2 heterocycles. The zero-order valence-corrected chi connectivity index (χ0v) is 9.14. The smallest absolute Gasteiger partial charge is 0.00700 e. The standard InChI is InChI=1S/C11H22N2/c1-9-7-12-5-4-11(9)6-10(2)13(3)8-11/h9-10,12H,4-8H2,1-3H3. The van der Waals surface area contributed by atoms with Gasteiger partial charge in [0, 0.05) is 12.6 Å². The highest BCUT2D eigenvalue weighted by atomic mass is 15.2. The summed E-state index contributed by atoms with van der Waals surface area (Å²) in [7, 11) is 2.27. The van der Waals surface area contributed by atoms with Crippen LogP contribution in [-0.4, -0.2) is 37.6 Å². The third kappa shape index (κ3) is 1.50. The largest absolute Gasteiger partial charge is 0.316 e. The van der Waals surface area contributed by atoms with E-state index in [-0.39, 0.29) is 0 Å². The van der Waals surface area contributed by atoms with Crippen molar-refractivity contribution in [3.8, 4) is 0 Å². The first kappa shape index (κ1) is 9.47. The average molecular weight is 182 g/mol. The van der Waals surface area contributed by atoms with Crippen molar-refractivity contribution in [3.63, 3.8) is 0 Å². The van der Waals surface area contributed by atoms with Gasteiger partial charge < -0.3 is 10.2 Å². The predicted octanol–water partition coefficient (Wildman–Crippen LogP) is 1.33. The Kier molecular flexibility index (Phi) is 2.37. The summed E-state index contributed by atoms with van der Waals surface area (Å²) in [5, 5.41) is 3.50. The molecule has 2 heteroatoms. The van der Waals surface area contributed by atoms with Gasteiger partial charge in [-0.05, 0) is 51.2 Å². The molecule has 2 rings (SSSR count). The molecule has 1 N–H and O–H groups in total. The SMILES string of the molecule is CC1CC2(CCNCC2C)CN1C. The van der Waals surface area contributed by atoms with E-state index in [1.54, 1.807) is 0 Å². The molecule has 0 aliphatic carbocycles. The summed E-state index contributed by atoms with van der Waals surface area (Å²) in [4.78, 5) is 2.53. The summed E-state index contributed by atoms with van der Waals surface area (Å²) in [5.41, 5.74) is 0.638. The van der Waals surface area contributed by atoms with Crippen LogP contribution in [0.15, 0.2) is 0 Å². The Bertz CT molecular complexity index is 181. The molecule has 0 radical (unpaired) electrons. The second-order valence-corrected chi connectivity index (χ2v) is 5.19. The van der Waals surface area contributed by atoms with Crippen molar-refractivity contribution < 1.29 is 0 Å². The number of rotatable bonds is 0. The van der Waals surface area contributed by atoms with Crippen LogP contribution >= 0.6 is 0 Å². The third-order valence-corrected chi connectivity index (χ3v) is 4.31. The van der Waals surface area contributed by atoms with Gasteiger partial charge in [-0.3, -0.25) is 0 Å². The van der Waals surface area contributed by atoms with E-state index in [1.165, 1.54) is 32.5 Å². The van der Waals surface area contributed by atoms with Crippen molar-refractivity contribution >= 4 is 0 Å². The van der Waals surface area contributed by atoms with Crippen LogP contribution in [0.5, 0.6) is 0 Å². The van der Waals surface area contributed by atoms with Gasteiger partial charge in [0.15, 0.2) is 0 Å². The summed E-state index contributed by atoms with van der Waals surface area (Å²) in [6.45, 7) is 8.55. The van der Waals surface area contributed by atoms with E-state index in [0.29, 0.717) is 5.41 Å². The first-order valence-corrected chi connectivity index (χ1v) is 5.55. The van der Waals surface area contributed by atoms with Gasteiger partial charge in [0.05, 0.1) is 0 Å². The first-order valence-electron chi connectivity index (χ1n) is 5.55. The van der Waals surface area contributed by atoms with Gasteiger partial charge in [-0.25, -0.2) is 0 Å². The van der Waals surface area contributed by atoms with Gasteiger partial charge >= 0.3 is 0 Å². The van der Waals surface area contributed by atoms with Gasteiger partial charge in [0.25, 0.3) is 0 Å². The number of hydrogen-bond acceptors (Lipinski definition) is 2. The summed E-state index contributed by atoms with van der Waals surface area (Å²) in [5.74, 6) is 0.855. The summed E-state index contributed by atoms with van der Waals surface area (Å²) >= 11 is 0. The fourth-order valence-corrected chi connectivity index (χ4v) is 3.12. The van der Waals surface area contributed by atoms with E-state index in [0.717, 1.165) is 12.0 Å². The van der Waals surface area contributed by atoms with Gasteiger partial charge in [-0.2, -0.15) is 0 Å². The lowest BCUT2D eigenvalue weighted by Gasteiger charge is -2.40. The molecule has 0 amide bonds. The van der Waals surface area contributed by atoms with E-state index in [4.69, 9.17) is 0 Å². The maximum absolute atomic E-state index is 3.50. The minimum atomic E-state index is 0.638. The van der Waals surface area contributed by atoms with Gasteiger partial charge in [-0.15, -0.1) is 0 Å². The molecule has 0 aromatic rings. The van der Waals surface area contributed by atoms with Crippen LogP contribution in [0, 0.1) is 11.3 Å². The molecular weight excluding hydrogens is 160 g/mol. The second-order valence-electron chi connectivity index (χ2n) is 5.19. The zero-order valence-electron chi connectivity index (χ0n) is 9.14. The number of hydrogen-bond donors (Lipinski definition) is 1. The maximum atomic E-state index is 3.50. The van der Waals surface area contributed by atoms with Crippen LogP contribution in [0.4, 0.5) is 0 Å². The van der Waals surface area contributed by atoms with Crippen molar-refractivity contribution in [2.45, 2.75) is 32.7 Å². The maximum Gasteiger partial charge on any atom is 0.00700 e. The van der Waals surface area contributed by atoms with E-state index < -0.39 is 0 Å². The lowest BCUT2D eigenvalue weighted by Crippen LogP contribution is -2.45. The molecule has 2 fully saturated rings. The number of piperidine rings is 1. The average Bonchev–Trinajstić information content (AvgIpc) is 2.36. The van der Waals surface area contributed by atoms with E-state index in [2.05, 4.69) is 31.1 Å². The zero-order chi connectivity index (χ0) is 9.47. The van der Waals surface area contributed by atoms with E-state index in [9.17, 15) is 0 Å². The summed E-state index contributed by atoms with van der Waals surface area (Å²) < 4.78 is 0. The molecule has 0 bridgehead atoms. The minimum absolute atomic E-state index is 0.638. The molecule has 3 unspecified atom stereocenters. The lowest BCUT2D eigenvalue weighted by molar-refractivity contribution is 0.131. The van der Waals surface area contributed by atoms with Crippen LogP contribution in [0.3, 0.4) is 0 Å². The summed E-state index contributed by atoms with van der Waals surface area (Å²) in [6, 6.07) is 0.792. The molecule has 2 aliphatic heterocycles. The van der Waals surface area contributed by atoms with Crippen molar-refractivity contribution in [2.75, 3.05) is 26.7 Å². The highest BCUT2D eigenvalue weighted by molar-refractivity contribution is 4.98. The molecule has 2 saturated heterocycles. The molecule has 2 aliphatic rings. The quantitative estimate of drug-likeness (QED) is 0.608. The lowest BCUT2D eigenvalue weighted by atomic mass is 9.70. The molecule has 13 heavy (non-hydrogen) atoms. The van der Waals surface area contributed by atoms with Crippen molar-refractivity contribution in [1.29, 1.82) is 0 Å². The number of nitrogens with one attached hydrogen (secondary N) is 1. The molecule has 0 saturated carbocycles. The van der Waals surface area contributed by atoms with E-state index in [1.807, 2.05) is 0 Å². The Morgan fingerprint density at radius 2 is 2.15 bits per heavy atom. The van der Waals surface area contributed by atoms with Crippen molar-refractivity contribution in [3.05, 3.63) is 0 Å². The van der Waals surface area contributed by atoms with Crippen molar-refractivity contribution in [2.24, 2.45) is 11.3 Å². The molecular formula is C11H22N2. The molecule has 76 valence electrons. The van der Waals surface area contributed by atoms with Gasteiger partial charge in [-0.1, -0.05) is 6.92 Å². The number of nitrogens with zero attached hydrogens (tertiary/aromatic N) is 1. The Labute approximate surface area is 81.7 Å². The van der Waals surface area contributed by atoms with Crippen molar-refractivity contribution in [1.82, 2.24) is 10.2 Å². The molecule has 2 nitrogen and oxygen atoms in total. The fraction of sp³-hybridized carbons (Fsp3) is 1.00. The Morgan fingerprint density at radius 3 is 2.69 bits per heavy atom. The highest BCUT2D eigenvalue weighted by Gasteiger charge is 2.45. The predicted molar refractivity (Wildman–Crippen MR) is 55.8 cm³/mol. The first-order chi connectivity index (χ1) is 6.14. The van der Waals surface area contributed by atoms with Crippen LogP contribution < -0.4 is 5.32 Å². The Balaban J connectivity index is 2.11. The van der Waals surface area contributed by atoms with Crippen LogP contribution in [0.25, 0.3) is 0 Å². The third-order valence-electron chi connectivity index (χ3n) is 4.31. The molecule has 0 aromatic carbocycles. The Morgan fingerprint density at radius 1 is 1.38 bits per heavy atom.